The van der Waals surface area contributed by atoms with Gasteiger partial charge in [0.1, 0.15) is 12.2 Å². The number of hydrogen-bond donors (Lipinski definition) is 1. The van der Waals surface area contributed by atoms with Gasteiger partial charge in [0.25, 0.3) is 0 Å². The van der Waals surface area contributed by atoms with Crippen LogP contribution in [0, 0.1) is 6.92 Å². The van der Waals surface area contributed by atoms with Crippen molar-refractivity contribution in [3.8, 4) is 0 Å². The number of rotatable bonds is 6. The van der Waals surface area contributed by atoms with Crippen LogP contribution in [-0.2, 0) is 9.47 Å². The minimum Gasteiger partial charge on any atom is -0.444 e. The number of carbonyl (C=O) groups excluding carboxylic acids is 2. The average molecular weight is 321 g/mol. The molecule has 5 heteroatoms. The van der Waals surface area contributed by atoms with Gasteiger partial charge in [-0.15, -0.1) is 0 Å². The van der Waals surface area contributed by atoms with Crippen molar-refractivity contribution < 1.29 is 19.1 Å². The minimum absolute atomic E-state index is 0.0235. The van der Waals surface area contributed by atoms with Crippen LogP contribution in [0.25, 0.3) is 0 Å². The van der Waals surface area contributed by atoms with Crippen molar-refractivity contribution in [1.82, 2.24) is 5.32 Å². The molecule has 1 aromatic rings. The van der Waals surface area contributed by atoms with Gasteiger partial charge in [0.15, 0.2) is 5.78 Å². The molecule has 0 unspecified atom stereocenters. The maximum absolute atomic E-state index is 12.1. The number of nitrogens with one attached hydrogen (secondary N) is 1. The quantitative estimate of drug-likeness (QED) is 0.815. The lowest BCUT2D eigenvalue weighted by molar-refractivity contribution is 0.0349. The van der Waals surface area contributed by atoms with Crippen LogP contribution >= 0.6 is 0 Å². The van der Waals surface area contributed by atoms with Crippen LogP contribution in [0.1, 0.15) is 50.5 Å². The molecule has 1 rings (SSSR count). The van der Waals surface area contributed by atoms with E-state index in [0.717, 1.165) is 5.56 Å². The number of amides is 1. The van der Waals surface area contributed by atoms with Crippen molar-refractivity contribution in [2.75, 3.05) is 13.2 Å². The van der Waals surface area contributed by atoms with E-state index in [4.69, 9.17) is 9.47 Å². The van der Waals surface area contributed by atoms with Gasteiger partial charge in [-0.3, -0.25) is 4.79 Å². The van der Waals surface area contributed by atoms with E-state index in [9.17, 15) is 9.59 Å². The molecule has 0 aliphatic rings. The number of benzene rings is 1. The molecular formula is C18H27NO4. The molecule has 0 spiro atoms. The third kappa shape index (κ3) is 7.28. The summed E-state index contributed by atoms with van der Waals surface area (Å²) in [5.41, 5.74) is 0.397. The zero-order valence-electron chi connectivity index (χ0n) is 14.9. The van der Waals surface area contributed by atoms with Crippen molar-refractivity contribution in [2.24, 2.45) is 0 Å². The molecule has 1 N–H and O–H groups in total. The molecule has 0 saturated carbocycles. The van der Waals surface area contributed by atoms with Crippen LogP contribution in [0.3, 0.4) is 0 Å². The summed E-state index contributed by atoms with van der Waals surface area (Å²) < 4.78 is 10.7. The van der Waals surface area contributed by atoms with Gasteiger partial charge in [0.05, 0.1) is 12.1 Å². The summed E-state index contributed by atoms with van der Waals surface area (Å²) in [5, 5.41) is 2.74. The van der Waals surface area contributed by atoms with Gasteiger partial charge in [0, 0.05) is 5.56 Å². The van der Waals surface area contributed by atoms with Gasteiger partial charge in [-0.2, -0.15) is 0 Å². The second-order valence-electron chi connectivity index (χ2n) is 7.24. The predicted octanol–water partition coefficient (Wildman–Crippen LogP) is 3.50. The lowest BCUT2D eigenvalue weighted by Gasteiger charge is -2.28. The highest BCUT2D eigenvalue weighted by atomic mass is 16.6. The smallest absolute Gasteiger partial charge is 0.408 e. The highest BCUT2D eigenvalue weighted by Gasteiger charge is 2.25. The second kappa shape index (κ2) is 7.59. The Hall–Kier alpha value is -1.88. The Morgan fingerprint density at radius 2 is 1.70 bits per heavy atom. The van der Waals surface area contributed by atoms with E-state index in [-0.39, 0.29) is 19.0 Å². The van der Waals surface area contributed by atoms with E-state index in [1.54, 1.807) is 26.8 Å². The molecule has 0 aliphatic carbocycles. The Morgan fingerprint density at radius 3 is 2.26 bits per heavy atom. The topological polar surface area (TPSA) is 64.6 Å². The van der Waals surface area contributed by atoms with Gasteiger partial charge in [-0.05, 0) is 47.1 Å². The molecule has 128 valence electrons. The average Bonchev–Trinajstić information content (AvgIpc) is 2.35. The fraction of sp³-hybridized carbons (Fsp3) is 0.556. The molecule has 0 radical (unpaired) electrons. The summed E-state index contributed by atoms with van der Waals surface area (Å²) in [6, 6.07) is 7.39. The first-order chi connectivity index (χ1) is 10.5. The van der Waals surface area contributed by atoms with E-state index in [0.29, 0.717) is 5.56 Å². The molecule has 0 fully saturated rings. The first-order valence-electron chi connectivity index (χ1n) is 7.68. The number of carbonyl (C=O) groups is 2. The first kappa shape index (κ1) is 19.2. The third-order valence-corrected chi connectivity index (χ3v) is 2.98. The molecule has 1 aromatic carbocycles. The Kier molecular flexibility index (Phi) is 6.33. The minimum atomic E-state index is -0.631. The summed E-state index contributed by atoms with van der Waals surface area (Å²) >= 11 is 0. The summed E-state index contributed by atoms with van der Waals surface area (Å²) in [7, 11) is 0. The Morgan fingerprint density at radius 1 is 1.09 bits per heavy atom. The first-order valence-corrected chi connectivity index (χ1v) is 7.68. The fourth-order valence-electron chi connectivity index (χ4n) is 1.98. The Bertz CT molecular complexity index is 558. The molecule has 0 aromatic heterocycles. The number of ketones is 1. The standard InChI is InChI=1S/C18H27NO4/c1-13-9-7-8-10-14(13)15(20)11-22-12-18(5,6)19-16(21)23-17(2,3)4/h7-10H,11-12H2,1-6H3,(H,19,21). The summed E-state index contributed by atoms with van der Waals surface area (Å²) in [5.74, 6) is -0.0730. The van der Waals surface area contributed by atoms with Crippen LogP contribution in [0.2, 0.25) is 0 Å². The number of Topliss-reactive ketones (excluding diaryl/α,β-unsaturated/α-hetero) is 1. The highest BCUT2D eigenvalue weighted by molar-refractivity contribution is 5.98. The number of alkyl carbamates (subject to hydrolysis) is 1. The van der Waals surface area contributed by atoms with E-state index >= 15 is 0 Å². The van der Waals surface area contributed by atoms with Gasteiger partial charge < -0.3 is 14.8 Å². The summed E-state index contributed by atoms with van der Waals surface area (Å²) in [6.07, 6.45) is -0.503. The van der Waals surface area contributed by atoms with E-state index < -0.39 is 17.2 Å². The zero-order valence-corrected chi connectivity index (χ0v) is 14.9. The van der Waals surface area contributed by atoms with Crippen molar-refractivity contribution in [3.05, 3.63) is 35.4 Å². The normalized spacial score (nSPS) is 11.9. The number of ether oxygens (including phenoxy) is 2. The summed E-state index contributed by atoms with van der Waals surface area (Å²) in [4.78, 5) is 23.9. The highest BCUT2D eigenvalue weighted by Crippen LogP contribution is 2.11. The second-order valence-corrected chi connectivity index (χ2v) is 7.24. The van der Waals surface area contributed by atoms with Crippen LogP contribution in [0.4, 0.5) is 4.79 Å². The monoisotopic (exact) mass is 321 g/mol. The zero-order chi connectivity index (χ0) is 17.7. The van der Waals surface area contributed by atoms with Crippen LogP contribution in [0.15, 0.2) is 24.3 Å². The molecule has 23 heavy (non-hydrogen) atoms. The Balaban J connectivity index is 2.46. The molecular weight excluding hydrogens is 294 g/mol. The van der Waals surface area contributed by atoms with Gasteiger partial charge in [0.2, 0.25) is 0 Å². The molecule has 0 saturated heterocycles. The van der Waals surface area contributed by atoms with Gasteiger partial charge >= 0.3 is 6.09 Å². The van der Waals surface area contributed by atoms with Gasteiger partial charge in [-0.1, -0.05) is 24.3 Å². The molecule has 0 bridgehead atoms. The largest absolute Gasteiger partial charge is 0.444 e. The molecule has 0 heterocycles. The van der Waals surface area contributed by atoms with Crippen molar-refractivity contribution in [1.29, 1.82) is 0 Å². The van der Waals surface area contributed by atoms with Crippen LogP contribution in [0.5, 0.6) is 0 Å². The van der Waals surface area contributed by atoms with Crippen LogP contribution < -0.4 is 5.32 Å². The van der Waals surface area contributed by atoms with Crippen LogP contribution in [-0.4, -0.2) is 36.2 Å². The van der Waals surface area contributed by atoms with E-state index in [1.807, 2.05) is 39.0 Å². The lowest BCUT2D eigenvalue weighted by Crippen LogP contribution is -2.49. The van der Waals surface area contributed by atoms with Crippen molar-refractivity contribution in [3.63, 3.8) is 0 Å². The molecule has 1 amide bonds. The van der Waals surface area contributed by atoms with Gasteiger partial charge in [-0.25, -0.2) is 4.79 Å². The molecule has 0 atom stereocenters. The number of aryl methyl sites for hydroxylation is 1. The SMILES string of the molecule is Cc1ccccc1C(=O)COCC(C)(C)NC(=O)OC(C)(C)C. The lowest BCUT2D eigenvalue weighted by atomic mass is 10.1. The molecule has 5 nitrogen and oxygen atoms in total. The maximum atomic E-state index is 12.1. The van der Waals surface area contributed by atoms with Crippen molar-refractivity contribution in [2.45, 2.75) is 52.7 Å². The molecule has 0 aliphatic heterocycles. The third-order valence-electron chi connectivity index (χ3n) is 2.98. The maximum Gasteiger partial charge on any atom is 0.408 e. The van der Waals surface area contributed by atoms with Crippen molar-refractivity contribution >= 4 is 11.9 Å². The summed E-state index contributed by atoms with van der Waals surface area (Å²) in [6.45, 7) is 11.1. The predicted molar refractivity (Wildman–Crippen MR) is 89.8 cm³/mol. The fourth-order valence-corrected chi connectivity index (χ4v) is 1.98. The van der Waals surface area contributed by atoms with E-state index in [1.165, 1.54) is 0 Å². The number of hydrogen-bond acceptors (Lipinski definition) is 4. The van der Waals surface area contributed by atoms with E-state index in [2.05, 4.69) is 5.32 Å². The Labute approximate surface area is 138 Å².